The predicted octanol–water partition coefficient (Wildman–Crippen LogP) is 0.239. The summed E-state index contributed by atoms with van der Waals surface area (Å²) in [4.78, 5) is 35.5. The van der Waals surface area contributed by atoms with Crippen LogP contribution in [0.4, 0.5) is 0 Å². The fourth-order valence-corrected chi connectivity index (χ4v) is 4.18. The van der Waals surface area contributed by atoms with Crippen LogP contribution in [-0.4, -0.2) is 50.4 Å². The Morgan fingerprint density at radius 1 is 1.53 bits per heavy atom. The minimum absolute atomic E-state index is 0.0490. The lowest BCUT2D eigenvalue weighted by atomic mass is 10.1. The normalized spacial score (nSPS) is 22.1. The van der Waals surface area contributed by atoms with E-state index in [4.69, 9.17) is 5.73 Å². The summed E-state index contributed by atoms with van der Waals surface area (Å²) < 4.78 is 0. The first-order valence-electron chi connectivity index (χ1n) is 5.79. The van der Waals surface area contributed by atoms with Crippen molar-refractivity contribution in [1.29, 1.82) is 0 Å². The van der Waals surface area contributed by atoms with Crippen LogP contribution >= 0.6 is 23.5 Å². The summed E-state index contributed by atoms with van der Waals surface area (Å²) in [6, 6.07) is 0. The fourth-order valence-electron chi connectivity index (χ4n) is 1.95. The molecule has 2 heterocycles. The standard InChI is InChI=1S/C11H14N2O4S2/c12-2-1-9(15)19-5-6-4-18-8-3-7(14)13(8)10(6)11(16)17/h8H,1-5,12H2,(H,16,17)/t8-/m1/s1. The molecule has 0 spiro atoms. The number of carbonyl (C=O) groups is 3. The lowest BCUT2D eigenvalue weighted by molar-refractivity contribution is -0.146. The molecule has 6 nitrogen and oxygen atoms in total. The van der Waals surface area contributed by atoms with Gasteiger partial charge in [0.25, 0.3) is 0 Å². The number of amides is 1. The molecule has 0 aromatic carbocycles. The molecule has 0 aliphatic carbocycles. The third-order valence-corrected chi connectivity index (χ3v) is 5.19. The zero-order valence-electron chi connectivity index (χ0n) is 10.1. The lowest BCUT2D eigenvalue weighted by Gasteiger charge is -2.43. The molecule has 1 atom stereocenters. The van der Waals surface area contributed by atoms with Gasteiger partial charge in [0.2, 0.25) is 5.91 Å². The highest BCUT2D eigenvalue weighted by Crippen LogP contribution is 2.40. The van der Waals surface area contributed by atoms with E-state index in [-0.39, 0.29) is 35.1 Å². The number of nitrogens with two attached hydrogens (primary N) is 1. The summed E-state index contributed by atoms with van der Waals surface area (Å²) in [5, 5.41) is 9.14. The Bertz CT molecular complexity index is 464. The van der Waals surface area contributed by atoms with E-state index in [2.05, 4.69) is 0 Å². The maximum Gasteiger partial charge on any atom is 0.352 e. The highest BCUT2D eigenvalue weighted by molar-refractivity contribution is 8.13. The first kappa shape index (κ1) is 14.4. The molecule has 1 saturated heterocycles. The third-order valence-electron chi connectivity index (χ3n) is 2.89. The van der Waals surface area contributed by atoms with Crippen molar-refractivity contribution in [2.75, 3.05) is 18.1 Å². The summed E-state index contributed by atoms with van der Waals surface area (Å²) in [7, 11) is 0. The predicted molar refractivity (Wildman–Crippen MR) is 73.5 cm³/mol. The first-order valence-corrected chi connectivity index (χ1v) is 7.82. The Morgan fingerprint density at radius 3 is 2.84 bits per heavy atom. The molecule has 2 rings (SSSR count). The Labute approximate surface area is 118 Å². The van der Waals surface area contributed by atoms with Crippen LogP contribution < -0.4 is 5.73 Å². The zero-order chi connectivity index (χ0) is 14.0. The summed E-state index contributed by atoms with van der Waals surface area (Å²) in [6.07, 6.45) is 0.673. The molecule has 2 aliphatic heterocycles. The van der Waals surface area contributed by atoms with Gasteiger partial charge < -0.3 is 10.8 Å². The van der Waals surface area contributed by atoms with E-state index in [1.807, 2.05) is 0 Å². The molecule has 1 fully saturated rings. The Morgan fingerprint density at radius 2 is 2.26 bits per heavy atom. The quantitative estimate of drug-likeness (QED) is 0.701. The molecular formula is C11H14N2O4S2. The molecule has 0 unspecified atom stereocenters. The number of hydrogen-bond acceptors (Lipinski definition) is 6. The van der Waals surface area contributed by atoms with Gasteiger partial charge in [0.15, 0.2) is 5.12 Å². The summed E-state index contributed by atoms with van der Waals surface area (Å²) in [6.45, 7) is 0.290. The second-order valence-electron chi connectivity index (χ2n) is 4.19. The van der Waals surface area contributed by atoms with Crippen molar-refractivity contribution in [1.82, 2.24) is 4.90 Å². The number of aliphatic carboxylic acids is 1. The van der Waals surface area contributed by atoms with Crippen molar-refractivity contribution in [3.05, 3.63) is 11.3 Å². The van der Waals surface area contributed by atoms with Gasteiger partial charge in [-0.15, -0.1) is 11.8 Å². The average Bonchev–Trinajstić information content (AvgIpc) is 2.35. The second-order valence-corrected chi connectivity index (χ2v) is 6.39. The Hall–Kier alpha value is -0.990. The maximum atomic E-state index is 11.5. The van der Waals surface area contributed by atoms with Crippen LogP contribution in [0.5, 0.6) is 0 Å². The van der Waals surface area contributed by atoms with Crippen LogP contribution in [0.15, 0.2) is 11.3 Å². The van der Waals surface area contributed by atoms with E-state index in [1.54, 1.807) is 11.8 Å². The largest absolute Gasteiger partial charge is 0.477 e. The van der Waals surface area contributed by atoms with E-state index >= 15 is 0 Å². The number of nitrogens with zero attached hydrogens (tertiary/aromatic N) is 1. The number of β-lactam (4-membered cyclic amide) rings is 1. The number of carboxylic acids is 1. The number of thioether (sulfide) groups is 2. The van der Waals surface area contributed by atoms with E-state index in [1.165, 1.54) is 4.90 Å². The molecule has 1 amide bonds. The zero-order valence-corrected chi connectivity index (χ0v) is 11.8. The van der Waals surface area contributed by atoms with Crippen molar-refractivity contribution >= 4 is 40.5 Å². The van der Waals surface area contributed by atoms with Crippen molar-refractivity contribution < 1.29 is 19.5 Å². The summed E-state index contributed by atoms with van der Waals surface area (Å²) >= 11 is 2.61. The van der Waals surface area contributed by atoms with Gasteiger partial charge in [0.05, 0.1) is 11.8 Å². The smallest absolute Gasteiger partial charge is 0.352 e. The molecule has 0 saturated carbocycles. The third kappa shape index (κ3) is 2.96. The van der Waals surface area contributed by atoms with Gasteiger partial charge in [-0.05, 0) is 5.57 Å². The van der Waals surface area contributed by atoms with Crippen LogP contribution in [0.2, 0.25) is 0 Å². The molecule has 104 valence electrons. The minimum Gasteiger partial charge on any atom is -0.477 e. The number of carboxylic acid groups (broad SMARTS) is 1. The number of hydrogen-bond donors (Lipinski definition) is 2. The van der Waals surface area contributed by atoms with Gasteiger partial charge in [-0.3, -0.25) is 14.5 Å². The van der Waals surface area contributed by atoms with Gasteiger partial charge in [0, 0.05) is 24.5 Å². The lowest BCUT2D eigenvalue weighted by Crippen LogP contribution is -2.54. The van der Waals surface area contributed by atoms with E-state index in [0.717, 1.165) is 11.8 Å². The van der Waals surface area contributed by atoms with Crippen LogP contribution in [0.25, 0.3) is 0 Å². The average molecular weight is 302 g/mol. The highest BCUT2D eigenvalue weighted by atomic mass is 32.2. The molecule has 0 aromatic heterocycles. The summed E-state index contributed by atoms with van der Waals surface area (Å²) in [5.74, 6) is -0.395. The molecule has 0 radical (unpaired) electrons. The summed E-state index contributed by atoms with van der Waals surface area (Å²) in [5.41, 5.74) is 5.98. The molecule has 8 heteroatoms. The van der Waals surface area contributed by atoms with Gasteiger partial charge >= 0.3 is 5.97 Å². The molecule has 0 bridgehead atoms. The minimum atomic E-state index is -1.10. The number of carbonyl (C=O) groups excluding carboxylic acids is 2. The SMILES string of the molecule is NCCC(=O)SCC1=C(C(=O)O)N2C(=O)C[C@H]2SC1. The number of rotatable bonds is 5. The molecular weight excluding hydrogens is 288 g/mol. The number of fused-ring (bicyclic) bond motifs is 1. The topological polar surface area (TPSA) is 101 Å². The van der Waals surface area contributed by atoms with Gasteiger partial charge in [-0.25, -0.2) is 4.79 Å². The first-order chi connectivity index (χ1) is 9.04. The van der Waals surface area contributed by atoms with Gasteiger partial charge in [0.1, 0.15) is 5.70 Å². The van der Waals surface area contributed by atoms with Crippen LogP contribution in [0.3, 0.4) is 0 Å². The van der Waals surface area contributed by atoms with E-state index in [0.29, 0.717) is 23.5 Å². The second kappa shape index (κ2) is 5.98. The van der Waals surface area contributed by atoms with Crippen LogP contribution in [0.1, 0.15) is 12.8 Å². The van der Waals surface area contributed by atoms with E-state index < -0.39 is 5.97 Å². The monoisotopic (exact) mass is 302 g/mol. The Kier molecular flexibility index (Phi) is 4.54. The molecule has 3 N–H and O–H groups in total. The molecule has 19 heavy (non-hydrogen) atoms. The van der Waals surface area contributed by atoms with Gasteiger partial charge in [-0.2, -0.15) is 0 Å². The van der Waals surface area contributed by atoms with Crippen molar-refractivity contribution in [2.45, 2.75) is 18.2 Å². The van der Waals surface area contributed by atoms with Gasteiger partial charge in [-0.1, -0.05) is 11.8 Å². The maximum absolute atomic E-state index is 11.5. The highest BCUT2D eigenvalue weighted by Gasteiger charge is 2.45. The molecule has 0 aromatic rings. The van der Waals surface area contributed by atoms with Crippen molar-refractivity contribution in [3.8, 4) is 0 Å². The van der Waals surface area contributed by atoms with Crippen LogP contribution in [-0.2, 0) is 14.4 Å². The fraction of sp³-hybridized carbons (Fsp3) is 0.545. The van der Waals surface area contributed by atoms with Crippen molar-refractivity contribution in [3.63, 3.8) is 0 Å². The van der Waals surface area contributed by atoms with Crippen LogP contribution in [0, 0.1) is 0 Å². The molecule has 2 aliphatic rings. The van der Waals surface area contributed by atoms with Crippen molar-refractivity contribution in [2.24, 2.45) is 5.73 Å². The Balaban J connectivity index is 2.10. The van der Waals surface area contributed by atoms with E-state index in [9.17, 15) is 19.5 Å².